The van der Waals surface area contributed by atoms with E-state index < -0.39 is 0 Å². The van der Waals surface area contributed by atoms with Gasteiger partial charge in [0.05, 0.1) is 0 Å². The predicted molar refractivity (Wildman–Crippen MR) is 85.9 cm³/mol. The van der Waals surface area contributed by atoms with Crippen LogP contribution in [0.3, 0.4) is 0 Å². The van der Waals surface area contributed by atoms with Gasteiger partial charge in [-0.05, 0) is 29.9 Å². The van der Waals surface area contributed by atoms with E-state index >= 15 is 0 Å². The number of anilines is 1. The van der Waals surface area contributed by atoms with Crippen molar-refractivity contribution in [2.24, 2.45) is 16.8 Å². The molecule has 22 heavy (non-hydrogen) atoms. The lowest BCUT2D eigenvalue weighted by Crippen LogP contribution is -2.23. The van der Waals surface area contributed by atoms with Crippen LogP contribution >= 0.6 is 0 Å². The molecule has 6 heteroatoms. The van der Waals surface area contributed by atoms with E-state index in [1.807, 2.05) is 24.3 Å². The molecule has 1 heterocycles. The average molecular weight is 297 g/mol. The Morgan fingerprint density at radius 3 is 2.36 bits per heavy atom. The standard InChI is InChI=1S/C16H19N5O/c1-18-16-19-8-13(9-20-16)10-2-4-11(5-3-10)14(12-6-7-12)15(17)21-22/h2-5,8-9,12,14,22H,6-7H2,1H3,(H2,17,21)(H,18,19,20). The molecule has 0 saturated heterocycles. The monoisotopic (exact) mass is 297 g/mol. The van der Waals surface area contributed by atoms with Crippen LogP contribution in [0.15, 0.2) is 41.8 Å². The van der Waals surface area contributed by atoms with E-state index in [-0.39, 0.29) is 11.8 Å². The summed E-state index contributed by atoms with van der Waals surface area (Å²) in [5.41, 5.74) is 8.92. The molecular formula is C16H19N5O. The van der Waals surface area contributed by atoms with Crippen LogP contribution in [0.4, 0.5) is 5.95 Å². The maximum absolute atomic E-state index is 8.97. The maximum Gasteiger partial charge on any atom is 0.222 e. The normalized spacial score (nSPS) is 16.3. The second-order valence-electron chi connectivity index (χ2n) is 5.51. The predicted octanol–water partition coefficient (Wildman–Crippen LogP) is 2.43. The summed E-state index contributed by atoms with van der Waals surface area (Å²) >= 11 is 0. The van der Waals surface area contributed by atoms with Gasteiger partial charge in [-0.1, -0.05) is 29.4 Å². The summed E-state index contributed by atoms with van der Waals surface area (Å²) in [6.07, 6.45) is 5.83. The van der Waals surface area contributed by atoms with E-state index in [4.69, 9.17) is 10.9 Å². The summed E-state index contributed by atoms with van der Waals surface area (Å²) in [6.45, 7) is 0. The van der Waals surface area contributed by atoms with Gasteiger partial charge in [-0.15, -0.1) is 0 Å². The molecule has 6 nitrogen and oxygen atoms in total. The van der Waals surface area contributed by atoms with E-state index in [0.29, 0.717) is 11.9 Å². The zero-order chi connectivity index (χ0) is 15.5. The van der Waals surface area contributed by atoms with Crippen molar-refractivity contribution >= 4 is 11.8 Å². The van der Waals surface area contributed by atoms with Gasteiger partial charge in [-0.3, -0.25) is 0 Å². The number of oxime groups is 1. The highest BCUT2D eigenvalue weighted by Gasteiger charge is 2.35. The van der Waals surface area contributed by atoms with E-state index in [9.17, 15) is 0 Å². The first-order valence-electron chi connectivity index (χ1n) is 7.30. The Kier molecular flexibility index (Phi) is 3.91. The quantitative estimate of drug-likeness (QED) is 0.341. The number of rotatable bonds is 5. The molecule has 0 aliphatic heterocycles. The smallest absolute Gasteiger partial charge is 0.222 e. The topological polar surface area (TPSA) is 96.4 Å². The first-order chi connectivity index (χ1) is 10.7. The molecule has 0 radical (unpaired) electrons. The zero-order valence-electron chi connectivity index (χ0n) is 12.4. The molecular weight excluding hydrogens is 278 g/mol. The fraction of sp³-hybridized carbons (Fsp3) is 0.312. The second-order valence-corrected chi connectivity index (χ2v) is 5.51. The fourth-order valence-corrected chi connectivity index (χ4v) is 2.67. The molecule has 4 N–H and O–H groups in total. The number of benzene rings is 1. The highest BCUT2D eigenvalue weighted by molar-refractivity contribution is 5.87. The SMILES string of the molecule is CNc1ncc(-c2ccc(C(C(N)=NO)C3CC3)cc2)cn1. The van der Waals surface area contributed by atoms with Crippen molar-refractivity contribution in [3.63, 3.8) is 0 Å². The molecule has 1 fully saturated rings. The van der Waals surface area contributed by atoms with Gasteiger partial charge in [0.1, 0.15) is 5.84 Å². The van der Waals surface area contributed by atoms with Crippen LogP contribution in [0.1, 0.15) is 24.3 Å². The van der Waals surface area contributed by atoms with Crippen LogP contribution < -0.4 is 11.1 Å². The second kappa shape index (κ2) is 6.01. The van der Waals surface area contributed by atoms with Crippen LogP contribution in [0, 0.1) is 5.92 Å². The Morgan fingerprint density at radius 1 is 1.23 bits per heavy atom. The molecule has 1 aliphatic rings. The molecule has 1 aliphatic carbocycles. The summed E-state index contributed by atoms with van der Waals surface area (Å²) in [5, 5.41) is 15.1. The first kappa shape index (κ1) is 14.3. The minimum absolute atomic E-state index is 0.00182. The number of nitrogens with zero attached hydrogens (tertiary/aromatic N) is 3. The Hall–Kier alpha value is -2.63. The molecule has 0 amide bonds. The van der Waals surface area contributed by atoms with Crippen LogP contribution in [-0.4, -0.2) is 28.1 Å². The Balaban J connectivity index is 1.85. The molecule has 1 aromatic carbocycles. The molecule has 1 saturated carbocycles. The van der Waals surface area contributed by atoms with Gasteiger partial charge >= 0.3 is 0 Å². The number of hydrogen-bond acceptors (Lipinski definition) is 5. The first-order valence-corrected chi connectivity index (χ1v) is 7.30. The molecule has 0 bridgehead atoms. The molecule has 1 unspecified atom stereocenters. The Labute approximate surface area is 129 Å². The van der Waals surface area contributed by atoms with Crippen LogP contribution in [0.25, 0.3) is 11.1 Å². The van der Waals surface area contributed by atoms with Gasteiger partial charge in [-0.25, -0.2) is 9.97 Å². The molecule has 3 rings (SSSR count). The lowest BCUT2D eigenvalue weighted by atomic mass is 9.92. The number of hydrogen-bond donors (Lipinski definition) is 3. The fourth-order valence-electron chi connectivity index (χ4n) is 2.67. The van der Waals surface area contributed by atoms with Crippen molar-refractivity contribution in [2.75, 3.05) is 12.4 Å². The molecule has 114 valence electrons. The highest BCUT2D eigenvalue weighted by Crippen LogP contribution is 2.43. The van der Waals surface area contributed by atoms with Gasteiger partial charge in [0.25, 0.3) is 0 Å². The van der Waals surface area contributed by atoms with Crippen molar-refractivity contribution in [1.29, 1.82) is 0 Å². The zero-order valence-corrected chi connectivity index (χ0v) is 12.4. The van der Waals surface area contributed by atoms with E-state index in [0.717, 1.165) is 29.5 Å². The van der Waals surface area contributed by atoms with Gasteiger partial charge < -0.3 is 16.3 Å². The summed E-state index contributed by atoms with van der Waals surface area (Å²) < 4.78 is 0. The number of amidine groups is 1. The van der Waals surface area contributed by atoms with Gasteiger partial charge in [0.2, 0.25) is 5.95 Å². The van der Waals surface area contributed by atoms with E-state index in [1.54, 1.807) is 19.4 Å². The summed E-state index contributed by atoms with van der Waals surface area (Å²) in [5.74, 6) is 1.38. The minimum Gasteiger partial charge on any atom is -0.409 e. The summed E-state index contributed by atoms with van der Waals surface area (Å²) in [7, 11) is 1.79. The lowest BCUT2D eigenvalue weighted by molar-refractivity contribution is 0.315. The maximum atomic E-state index is 8.97. The molecule has 0 spiro atoms. The van der Waals surface area contributed by atoms with Crippen molar-refractivity contribution in [3.05, 3.63) is 42.2 Å². The average Bonchev–Trinajstić information content (AvgIpc) is 3.40. The third-order valence-electron chi connectivity index (χ3n) is 4.01. The van der Waals surface area contributed by atoms with Crippen LogP contribution in [-0.2, 0) is 0 Å². The summed E-state index contributed by atoms with van der Waals surface area (Å²) in [6, 6.07) is 8.10. The van der Waals surface area contributed by atoms with Gasteiger partial charge in [0, 0.05) is 30.9 Å². The Bertz CT molecular complexity index is 662. The van der Waals surface area contributed by atoms with Gasteiger partial charge in [0.15, 0.2) is 0 Å². The highest BCUT2D eigenvalue weighted by atomic mass is 16.4. The van der Waals surface area contributed by atoms with E-state index in [2.05, 4.69) is 20.4 Å². The van der Waals surface area contributed by atoms with Crippen molar-refractivity contribution in [2.45, 2.75) is 18.8 Å². The van der Waals surface area contributed by atoms with Crippen LogP contribution in [0.5, 0.6) is 0 Å². The lowest BCUT2D eigenvalue weighted by Gasteiger charge is -2.15. The largest absolute Gasteiger partial charge is 0.409 e. The molecule has 1 aromatic heterocycles. The molecule has 1 atom stereocenters. The van der Waals surface area contributed by atoms with Crippen molar-refractivity contribution in [3.8, 4) is 11.1 Å². The number of nitrogens with two attached hydrogens (primary N) is 1. The summed E-state index contributed by atoms with van der Waals surface area (Å²) in [4.78, 5) is 8.43. The molecule has 2 aromatic rings. The Morgan fingerprint density at radius 2 is 1.86 bits per heavy atom. The third kappa shape index (κ3) is 2.86. The van der Waals surface area contributed by atoms with Crippen molar-refractivity contribution in [1.82, 2.24) is 9.97 Å². The number of nitrogens with one attached hydrogen (secondary N) is 1. The number of aromatic nitrogens is 2. The van der Waals surface area contributed by atoms with Gasteiger partial charge in [-0.2, -0.15) is 0 Å². The third-order valence-corrected chi connectivity index (χ3v) is 4.01. The minimum atomic E-state index is 0.00182. The van der Waals surface area contributed by atoms with Crippen LogP contribution in [0.2, 0.25) is 0 Å². The van der Waals surface area contributed by atoms with Crippen molar-refractivity contribution < 1.29 is 5.21 Å². The van der Waals surface area contributed by atoms with E-state index in [1.165, 1.54) is 0 Å².